The van der Waals surface area contributed by atoms with Crippen LogP contribution >= 0.6 is 11.8 Å². The van der Waals surface area contributed by atoms with Crippen LogP contribution in [-0.4, -0.2) is 26.8 Å². The van der Waals surface area contributed by atoms with Gasteiger partial charge in [0.25, 0.3) is 5.89 Å². The second-order valence-corrected chi connectivity index (χ2v) is 6.66. The molecule has 0 aliphatic carbocycles. The van der Waals surface area contributed by atoms with Gasteiger partial charge in [-0.3, -0.25) is 4.79 Å². The Morgan fingerprint density at radius 1 is 1.27 bits per heavy atom. The van der Waals surface area contributed by atoms with Crippen LogP contribution in [-0.2, 0) is 4.79 Å². The fraction of sp³-hybridized carbons (Fsp3) is 0.222. The van der Waals surface area contributed by atoms with Crippen LogP contribution in [0.3, 0.4) is 0 Å². The van der Waals surface area contributed by atoms with E-state index in [1.165, 1.54) is 23.9 Å². The molecule has 26 heavy (non-hydrogen) atoms. The van der Waals surface area contributed by atoms with Crippen molar-refractivity contribution in [2.24, 2.45) is 0 Å². The van der Waals surface area contributed by atoms with Crippen molar-refractivity contribution in [2.75, 3.05) is 5.75 Å². The Kier molecular flexibility index (Phi) is 5.62. The molecular formula is C18H17FN4O2S. The summed E-state index contributed by atoms with van der Waals surface area (Å²) in [6.45, 7) is 3.60. The predicted molar refractivity (Wildman–Crippen MR) is 95.9 cm³/mol. The van der Waals surface area contributed by atoms with Crippen LogP contribution in [0.5, 0.6) is 0 Å². The number of hydrogen-bond acceptors (Lipinski definition) is 6. The maximum Gasteiger partial charge on any atom is 0.259 e. The highest BCUT2D eigenvalue weighted by Gasteiger charge is 2.11. The zero-order chi connectivity index (χ0) is 18.5. The zero-order valence-electron chi connectivity index (χ0n) is 14.3. The number of carbonyl (C=O) groups excluding carboxylic acids is 1. The first-order valence-electron chi connectivity index (χ1n) is 7.95. The molecule has 0 aliphatic rings. The van der Waals surface area contributed by atoms with E-state index in [0.29, 0.717) is 11.7 Å². The van der Waals surface area contributed by atoms with Gasteiger partial charge in [-0.25, -0.2) is 9.37 Å². The molecule has 0 fully saturated rings. The van der Waals surface area contributed by atoms with Crippen molar-refractivity contribution in [3.63, 3.8) is 0 Å². The smallest absolute Gasteiger partial charge is 0.259 e. The van der Waals surface area contributed by atoms with Crippen LogP contribution in [0.4, 0.5) is 4.39 Å². The molecular weight excluding hydrogens is 355 g/mol. The maximum atomic E-state index is 12.9. The molecule has 3 aromatic rings. The van der Waals surface area contributed by atoms with E-state index < -0.39 is 0 Å². The Balaban J connectivity index is 1.51. The van der Waals surface area contributed by atoms with Crippen molar-refractivity contribution < 1.29 is 13.7 Å². The van der Waals surface area contributed by atoms with Crippen LogP contribution in [0.1, 0.15) is 24.4 Å². The topological polar surface area (TPSA) is 80.9 Å². The largest absolute Gasteiger partial charge is 0.349 e. The summed E-state index contributed by atoms with van der Waals surface area (Å²) in [5.74, 6) is 0.790. The lowest BCUT2D eigenvalue weighted by molar-refractivity contribution is -0.119. The van der Waals surface area contributed by atoms with E-state index in [2.05, 4.69) is 20.4 Å². The van der Waals surface area contributed by atoms with Gasteiger partial charge in [-0.05, 0) is 43.7 Å². The Hall–Kier alpha value is -2.74. The van der Waals surface area contributed by atoms with E-state index in [1.807, 2.05) is 13.0 Å². The van der Waals surface area contributed by atoms with E-state index in [9.17, 15) is 9.18 Å². The Labute approximate surface area is 154 Å². The molecule has 8 heteroatoms. The molecule has 134 valence electrons. The number of aromatic nitrogens is 3. The van der Waals surface area contributed by atoms with E-state index in [4.69, 9.17) is 4.52 Å². The summed E-state index contributed by atoms with van der Waals surface area (Å²) in [7, 11) is 0. The van der Waals surface area contributed by atoms with Crippen molar-refractivity contribution in [1.82, 2.24) is 20.4 Å². The summed E-state index contributed by atoms with van der Waals surface area (Å²) in [4.78, 5) is 20.5. The number of benzene rings is 1. The lowest BCUT2D eigenvalue weighted by Crippen LogP contribution is -2.28. The molecule has 1 aromatic carbocycles. The molecule has 2 heterocycles. The standard InChI is InChI=1S/C18H17FN4O2S/c1-11(13-3-6-15(19)7-4-13)21-16(24)10-26-17-8-5-14(9-20-17)18-22-12(2)23-25-18/h3-9,11H,10H2,1-2H3,(H,21,24). The Bertz CT molecular complexity index is 881. The fourth-order valence-corrected chi connectivity index (χ4v) is 2.92. The van der Waals surface area contributed by atoms with Gasteiger partial charge in [-0.1, -0.05) is 29.1 Å². The molecule has 1 N–H and O–H groups in total. The third-order valence-corrected chi connectivity index (χ3v) is 4.55. The second-order valence-electron chi connectivity index (χ2n) is 5.66. The molecule has 1 amide bonds. The molecule has 6 nitrogen and oxygen atoms in total. The number of thioether (sulfide) groups is 1. The van der Waals surface area contributed by atoms with Crippen molar-refractivity contribution in [3.8, 4) is 11.5 Å². The van der Waals surface area contributed by atoms with Crippen molar-refractivity contribution in [2.45, 2.75) is 24.9 Å². The number of hydrogen-bond donors (Lipinski definition) is 1. The van der Waals surface area contributed by atoms with Gasteiger partial charge < -0.3 is 9.84 Å². The molecule has 0 aliphatic heterocycles. The van der Waals surface area contributed by atoms with Crippen LogP contribution in [0.25, 0.3) is 11.5 Å². The van der Waals surface area contributed by atoms with Crippen LogP contribution < -0.4 is 5.32 Å². The quantitative estimate of drug-likeness (QED) is 0.667. The molecule has 0 bridgehead atoms. The van der Waals surface area contributed by atoms with Crippen LogP contribution in [0.15, 0.2) is 52.1 Å². The van der Waals surface area contributed by atoms with E-state index in [0.717, 1.165) is 16.2 Å². The average Bonchev–Trinajstić information content (AvgIpc) is 3.07. The number of halogens is 1. The number of rotatable bonds is 6. The number of amides is 1. The number of nitrogens with one attached hydrogen (secondary N) is 1. The van der Waals surface area contributed by atoms with Gasteiger partial charge in [-0.15, -0.1) is 0 Å². The van der Waals surface area contributed by atoms with Crippen LogP contribution in [0.2, 0.25) is 0 Å². The molecule has 1 atom stereocenters. The first kappa shape index (κ1) is 18.1. The van der Waals surface area contributed by atoms with Gasteiger partial charge in [0.1, 0.15) is 5.82 Å². The lowest BCUT2D eigenvalue weighted by atomic mass is 10.1. The molecule has 0 saturated carbocycles. The summed E-state index contributed by atoms with van der Waals surface area (Å²) in [6, 6.07) is 9.50. The van der Waals surface area contributed by atoms with Crippen molar-refractivity contribution in [3.05, 3.63) is 59.8 Å². The third-order valence-electron chi connectivity index (χ3n) is 3.61. The Morgan fingerprint density at radius 3 is 2.65 bits per heavy atom. The molecule has 0 saturated heterocycles. The summed E-state index contributed by atoms with van der Waals surface area (Å²) in [6.07, 6.45) is 1.63. The normalized spacial score (nSPS) is 12.0. The number of aryl methyl sites for hydroxylation is 1. The minimum absolute atomic E-state index is 0.120. The molecule has 2 aromatic heterocycles. The third kappa shape index (κ3) is 4.66. The minimum atomic E-state index is -0.298. The predicted octanol–water partition coefficient (Wildman–Crippen LogP) is 3.55. The van der Waals surface area contributed by atoms with Gasteiger partial charge in [0.05, 0.1) is 22.4 Å². The second kappa shape index (κ2) is 8.09. The monoisotopic (exact) mass is 372 g/mol. The zero-order valence-corrected chi connectivity index (χ0v) is 15.1. The number of pyridine rings is 1. The highest BCUT2D eigenvalue weighted by Crippen LogP contribution is 2.21. The average molecular weight is 372 g/mol. The molecule has 0 radical (unpaired) electrons. The van der Waals surface area contributed by atoms with Gasteiger partial charge in [0.15, 0.2) is 5.82 Å². The summed E-state index contributed by atoms with van der Waals surface area (Å²) in [5, 5.41) is 7.34. The first-order valence-corrected chi connectivity index (χ1v) is 8.94. The fourth-order valence-electron chi connectivity index (χ4n) is 2.26. The van der Waals surface area contributed by atoms with Gasteiger partial charge >= 0.3 is 0 Å². The molecule has 0 spiro atoms. The Morgan fingerprint density at radius 2 is 2.04 bits per heavy atom. The maximum absolute atomic E-state index is 12.9. The summed E-state index contributed by atoms with van der Waals surface area (Å²) in [5.41, 5.74) is 1.58. The first-order chi connectivity index (χ1) is 12.5. The highest BCUT2D eigenvalue weighted by molar-refractivity contribution is 7.99. The van der Waals surface area contributed by atoms with E-state index >= 15 is 0 Å². The van der Waals surface area contributed by atoms with Crippen LogP contribution in [0, 0.1) is 12.7 Å². The van der Waals surface area contributed by atoms with E-state index in [1.54, 1.807) is 31.3 Å². The van der Waals surface area contributed by atoms with Gasteiger partial charge in [0, 0.05) is 6.20 Å². The van der Waals surface area contributed by atoms with Gasteiger partial charge in [0.2, 0.25) is 5.91 Å². The summed E-state index contributed by atoms with van der Waals surface area (Å²) >= 11 is 1.33. The molecule has 1 unspecified atom stereocenters. The van der Waals surface area contributed by atoms with Crippen molar-refractivity contribution in [1.29, 1.82) is 0 Å². The summed E-state index contributed by atoms with van der Waals surface area (Å²) < 4.78 is 18.0. The number of carbonyl (C=O) groups is 1. The van der Waals surface area contributed by atoms with E-state index in [-0.39, 0.29) is 23.5 Å². The minimum Gasteiger partial charge on any atom is -0.349 e. The SMILES string of the molecule is Cc1noc(-c2ccc(SCC(=O)NC(C)c3ccc(F)cc3)nc2)n1. The number of nitrogens with zero attached hydrogens (tertiary/aromatic N) is 3. The highest BCUT2D eigenvalue weighted by atomic mass is 32.2. The molecule has 3 rings (SSSR count). The van der Waals surface area contributed by atoms with Crippen molar-refractivity contribution >= 4 is 17.7 Å². The van der Waals surface area contributed by atoms with Gasteiger partial charge in [-0.2, -0.15) is 4.98 Å². The lowest BCUT2D eigenvalue weighted by Gasteiger charge is -2.14.